The third-order valence-electron chi connectivity index (χ3n) is 3.84. The van der Waals surface area contributed by atoms with Crippen LogP contribution in [0.15, 0.2) is 0 Å². The zero-order valence-electron chi connectivity index (χ0n) is 12.0. The van der Waals surface area contributed by atoms with Gasteiger partial charge in [-0.2, -0.15) is 0 Å². The summed E-state index contributed by atoms with van der Waals surface area (Å²) in [6.45, 7) is 3.78. The average Bonchev–Trinajstić information content (AvgIpc) is 2.82. The summed E-state index contributed by atoms with van der Waals surface area (Å²) >= 11 is 0. The van der Waals surface area contributed by atoms with Crippen molar-refractivity contribution in [3.05, 3.63) is 0 Å². The van der Waals surface area contributed by atoms with Gasteiger partial charge in [-0.3, -0.25) is 4.79 Å². The summed E-state index contributed by atoms with van der Waals surface area (Å²) in [4.78, 5) is 14.0. The van der Waals surface area contributed by atoms with Gasteiger partial charge in [-0.05, 0) is 26.3 Å². The smallest absolute Gasteiger partial charge is 0.221 e. The summed E-state index contributed by atoms with van der Waals surface area (Å²) in [7, 11) is 2.16. The van der Waals surface area contributed by atoms with Crippen molar-refractivity contribution < 1.29 is 4.79 Å². The average molecular weight is 255 g/mol. The Kier molecular flexibility index (Phi) is 7.28. The van der Waals surface area contributed by atoms with Gasteiger partial charge in [-0.25, -0.2) is 0 Å². The van der Waals surface area contributed by atoms with Gasteiger partial charge in [0, 0.05) is 31.6 Å². The van der Waals surface area contributed by atoms with Crippen LogP contribution in [0.3, 0.4) is 0 Å². The number of likely N-dealkylation sites (N-methyl/N-ethyl adjacent to an activating group) is 1. The van der Waals surface area contributed by atoms with E-state index in [1.165, 1.54) is 25.7 Å². The van der Waals surface area contributed by atoms with Crippen LogP contribution in [0.2, 0.25) is 0 Å². The van der Waals surface area contributed by atoms with E-state index in [1.54, 1.807) is 0 Å². The first-order valence-electron chi connectivity index (χ1n) is 7.36. The molecule has 4 heteroatoms. The van der Waals surface area contributed by atoms with Crippen molar-refractivity contribution in [3.8, 4) is 0 Å². The number of nitrogens with zero attached hydrogens (tertiary/aromatic N) is 1. The van der Waals surface area contributed by atoms with Crippen LogP contribution in [0.4, 0.5) is 0 Å². The highest BCUT2D eigenvalue weighted by atomic mass is 16.1. The van der Waals surface area contributed by atoms with Gasteiger partial charge in [-0.15, -0.1) is 0 Å². The van der Waals surface area contributed by atoms with E-state index >= 15 is 0 Å². The SMILES string of the molecule is CCCC(N)CC(=O)NCCN(C)C1CCCC1. The van der Waals surface area contributed by atoms with E-state index in [0.717, 1.165) is 32.0 Å². The predicted octanol–water partition coefficient (Wildman–Crippen LogP) is 1.49. The molecule has 0 saturated heterocycles. The number of nitrogens with one attached hydrogen (secondary N) is 1. The van der Waals surface area contributed by atoms with Gasteiger partial charge in [0.15, 0.2) is 0 Å². The maximum Gasteiger partial charge on any atom is 0.221 e. The van der Waals surface area contributed by atoms with Gasteiger partial charge < -0.3 is 16.0 Å². The molecule has 0 radical (unpaired) electrons. The molecule has 1 fully saturated rings. The highest BCUT2D eigenvalue weighted by Crippen LogP contribution is 2.21. The van der Waals surface area contributed by atoms with Crippen LogP contribution in [-0.4, -0.2) is 43.0 Å². The van der Waals surface area contributed by atoms with Gasteiger partial charge in [0.05, 0.1) is 0 Å². The van der Waals surface area contributed by atoms with E-state index in [-0.39, 0.29) is 11.9 Å². The number of carbonyl (C=O) groups is 1. The molecule has 1 atom stereocenters. The minimum atomic E-state index is 0.0163. The van der Waals surface area contributed by atoms with Crippen molar-refractivity contribution in [2.45, 2.75) is 64.0 Å². The zero-order chi connectivity index (χ0) is 13.4. The quantitative estimate of drug-likeness (QED) is 0.691. The van der Waals surface area contributed by atoms with Crippen LogP contribution in [0.1, 0.15) is 51.9 Å². The fraction of sp³-hybridized carbons (Fsp3) is 0.929. The Labute approximate surface area is 111 Å². The lowest BCUT2D eigenvalue weighted by Gasteiger charge is -2.24. The Balaban J connectivity index is 2.07. The maximum absolute atomic E-state index is 11.6. The first-order chi connectivity index (χ1) is 8.63. The second kappa shape index (κ2) is 8.48. The lowest BCUT2D eigenvalue weighted by molar-refractivity contribution is -0.121. The third kappa shape index (κ3) is 5.83. The summed E-state index contributed by atoms with van der Waals surface area (Å²) in [6, 6.07) is 0.742. The first-order valence-corrected chi connectivity index (χ1v) is 7.36. The van der Waals surface area contributed by atoms with Crippen molar-refractivity contribution in [2.75, 3.05) is 20.1 Å². The lowest BCUT2D eigenvalue weighted by Crippen LogP contribution is -2.39. The van der Waals surface area contributed by atoms with Crippen molar-refractivity contribution in [1.82, 2.24) is 10.2 Å². The highest BCUT2D eigenvalue weighted by Gasteiger charge is 2.19. The molecule has 4 nitrogen and oxygen atoms in total. The molecule has 106 valence electrons. The van der Waals surface area contributed by atoms with Gasteiger partial charge >= 0.3 is 0 Å². The topological polar surface area (TPSA) is 58.4 Å². The molecular formula is C14H29N3O. The molecule has 1 amide bonds. The van der Waals surface area contributed by atoms with E-state index in [2.05, 4.69) is 24.2 Å². The largest absolute Gasteiger partial charge is 0.355 e. The summed E-state index contributed by atoms with van der Waals surface area (Å²) in [5.74, 6) is 0.0933. The van der Waals surface area contributed by atoms with Crippen molar-refractivity contribution >= 4 is 5.91 Å². The summed E-state index contributed by atoms with van der Waals surface area (Å²) in [5.41, 5.74) is 5.84. The minimum absolute atomic E-state index is 0.0163. The molecule has 0 heterocycles. The molecule has 18 heavy (non-hydrogen) atoms. The maximum atomic E-state index is 11.6. The Morgan fingerprint density at radius 3 is 2.72 bits per heavy atom. The first kappa shape index (κ1) is 15.4. The molecule has 1 rings (SSSR count). The Morgan fingerprint density at radius 2 is 2.11 bits per heavy atom. The molecule has 1 unspecified atom stereocenters. The molecule has 0 aromatic heterocycles. The molecule has 0 bridgehead atoms. The Bertz CT molecular complexity index is 239. The fourth-order valence-corrected chi connectivity index (χ4v) is 2.68. The minimum Gasteiger partial charge on any atom is -0.355 e. The van der Waals surface area contributed by atoms with Gasteiger partial charge in [0.25, 0.3) is 0 Å². The number of carbonyl (C=O) groups excluding carboxylic acids is 1. The van der Waals surface area contributed by atoms with Crippen molar-refractivity contribution in [1.29, 1.82) is 0 Å². The third-order valence-corrected chi connectivity index (χ3v) is 3.84. The van der Waals surface area contributed by atoms with E-state index in [0.29, 0.717) is 6.42 Å². The predicted molar refractivity (Wildman–Crippen MR) is 75.4 cm³/mol. The van der Waals surface area contributed by atoms with Crippen LogP contribution < -0.4 is 11.1 Å². The number of amides is 1. The Hall–Kier alpha value is -0.610. The summed E-state index contributed by atoms with van der Waals surface area (Å²) in [6.07, 6.45) is 7.76. The number of nitrogens with two attached hydrogens (primary N) is 1. The normalized spacial score (nSPS) is 18.2. The van der Waals surface area contributed by atoms with E-state index in [4.69, 9.17) is 5.73 Å². The lowest BCUT2D eigenvalue weighted by atomic mass is 10.1. The van der Waals surface area contributed by atoms with Crippen LogP contribution in [0.5, 0.6) is 0 Å². The van der Waals surface area contributed by atoms with Crippen molar-refractivity contribution in [3.63, 3.8) is 0 Å². The molecule has 0 aromatic rings. The van der Waals surface area contributed by atoms with Gasteiger partial charge in [0.2, 0.25) is 5.91 Å². The van der Waals surface area contributed by atoms with Crippen molar-refractivity contribution in [2.24, 2.45) is 5.73 Å². The van der Waals surface area contributed by atoms with Gasteiger partial charge in [-0.1, -0.05) is 26.2 Å². The highest BCUT2D eigenvalue weighted by molar-refractivity contribution is 5.76. The second-order valence-corrected chi connectivity index (χ2v) is 5.52. The molecule has 3 N–H and O–H groups in total. The Morgan fingerprint density at radius 1 is 1.44 bits per heavy atom. The standard InChI is InChI=1S/C14H29N3O/c1-3-6-12(15)11-14(18)16-9-10-17(2)13-7-4-5-8-13/h12-13H,3-11,15H2,1-2H3,(H,16,18). The summed E-state index contributed by atoms with van der Waals surface area (Å²) < 4.78 is 0. The molecule has 1 aliphatic rings. The van der Waals surface area contributed by atoms with E-state index < -0.39 is 0 Å². The molecule has 1 aliphatic carbocycles. The van der Waals surface area contributed by atoms with Crippen LogP contribution in [-0.2, 0) is 4.79 Å². The fourth-order valence-electron chi connectivity index (χ4n) is 2.68. The molecule has 0 spiro atoms. The number of rotatable bonds is 8. The molecular weight excluding hydrogens is 226 g/mol. The second-order valence-electron chi connectivity index (χ2n) is 5.52. The van der Waals surface area contributed by atoms with Crippen LogP contribution in [0, 0.1) is 0 Å². The number of hydrogen-bond donors (Lipinski definition) is 2. The van der Waals surface area contributed by atoms with E-state index in [1.807, 2.05) is 0 Å². The summed E-state index contributed by atoms with van der Waals surface area (Å²) in [5, 5.41) is 2.97. The van der Waals surface area contributed by atoms with Gasteiger partial charge in [0.1, 0.15) is 0 Å². The van der Waals surface area contributed by atoms with E-state index in [9.17, 15) is 4.79 Å². The zero-order valence-corrected chi connectivity index (χ0v) is 12.0. The monoisotopic (exact) mass is 255 g/mol. The van der Waals surface area contributed by atoms with Crippen LogP contribution in [0.25, 0.3) is 0 Å². The molecule has 0 aromatic carbocycles. The number of hydrogen-bond acceptors (Lipinski definition) is 3. The molecule has 0 aliphatic heterocycles. The van der Waals surface area contributed by atoms with Crippen LogP contribution >= 0.6 is 0 Å². The molecule has 1 saturated carbocycles.